The van der Waals surface area contributed by atoms with Crippen molar-refractivity contribution in [2.24, 2.45) is 0 Å². The highest BCUT2D eigenvalue weighted by atomic mass is 79.9. The summed E-state index contributed by atoms with van der Waals surface area (Å²) in [4.78, 5) is 0.179. The third-order valence-electron chi connectivity index (χ3n) is 2.70. The first-order valence-electron chi connectivity index (χ1n) is 5.55. The van der Waals surface area contributed by atoms with Gasteiger partial charge in [-0.2, -0.15) is 16.1 Å². The summed E-state index contributed by atoms with van der Waals surface area (Å²) in [6, 6.07) is 5.03. The van der Waals surface area contributed by atoms with E-state index in [1.54, 1.807) is 30.0 Å². The Bertz CT molecular complexity index is 508. The number of nitrogens with zero attached hydrogens (tertiary/aromatic N) is 1. The van der Waals surface area contributed by atoms with Crippen LogP contribution in [0, 0.1) is 0 Å². The van der Waals surface area contributed by atoms with Gasteiger partial charge in [-0.15, -0.1) is 0 Å². The minimum Gasteiger partial charge on any atom is -0.207 e. The van der Waals surface area contributed by atoms with Gasteiger partial charge in [0.05, 0.1) is 5.02 Å². The Morgan fingerprint density at radius 2 is 2.06 bits per heavy atom. The van der Waals surface area contributed by atoms with Gasteiger partial charge < -0.3 is 0 Å². The molecule has 0 N–H and O–H groups in total. The summed E-state index contributed by atoms with van der Waals surface area (Å²) in [6.45, 7) is 1.11. The molecule has 0 aliphatic carbocycles. The van der Waals surface area contributed by atoms with Crippen molar-refractivity contribution in [3.8, 4) is 0 Å². The molecule has 2 rings (SSSR count). The van der Waals surface area contributed by atoms with Crippen LogP contribution in [0.15, 0.2) is 27.6 Å². The molecule has 0 atom stereocenters. The first kappa shape index (κ1) is 14.7. The van der Waals surface area contributed by atoms with Gasteiger partial charge in [0.25, 0.3) is 0 Å². The zero-order valence-electron chi connectivity index (χ0n) is 9.60. The van der Waals surface area contributed by atoms with Gasteiger partial charge in [0, 0.05) is 23.3 Å². The summed E-state index contributed by atoms with van der Waals surface area (Å²) < 4.78 is 27.2. The summed E-state index contributed by atoms with van der Waals surface area (Å²) in [5.74, 6) is 1.84. The van der Waals surface area contributed by atoms with E-state index >= 15 is 0 Å². The molecule has 1 aliphatic heterocycles. The Balaban J connectivity index is 2.41. The molecule has 1 fully saturated rings. The molecule has 7 heteroatoms. The van der Waals surface area contributed by atoms with Crippen molar-refractivity contribution in [1.29, 1.82) is 0 Å². The van der Waals surface area contributed by atoms with Crippen LogP contribution in [-0.2, 0) is 10.0 Å². The fraction of sp³-hybridized carbons (Fsp3) is 0.455. The summed E-state index contributed by atoms with van der Waals surface area (Å²) in [6.07, 6.45) is 0.881. The molecular weight excluding hydrogens is 358 g/mol. The average molecular weight is 371 g/mol. The molecule has 1 aliphatic rings. The van der Waals surface area contributed by atoms with Crippen molar-refractivity contribution in [1.82, 2.24) is 4.31 Å². The van der Waals surface area contributed by atoms with Gasteiger partial charge in [-0.3, -0.25) is 0 Å². The second kappa shape index (κ2) is 6.13. The predicted molar refractivity (Wildman–Crippen MR) is 79.9 cm³/mol. The quantitative estimate of drug-likeness (QED) is 0.802. The van der Waals surface area contributed by atoms with Crippen molar-refractivity contribution in [3.63, 3.8) is 0 Å². The lowest BCUT2D eigenvalue weighted by Crippen LogP contribution is -2.33. The topological polar surface area (TPSA) is 37.4 Å². The molecule has 0 amide bonds. The van der Waals surface area contributed by atoms with E-state index in [-0.39, 0.29) is 9.92 Å². The molecule has 1 aromatic rings. The molecule has 100 valence electrons. The van der Waals surface area contributed by atoms with Gasteiger partial charge in [0.1, 0.15) is 4.90 Å². The van der Waals surface area contributed by atoms with Crippen LogP contribution in [0.4, 0.5) is 0 Å². The number of sulfonamides is 1. The number of hydrogen-bond donors (Lipinski definition) is 0. The minimum atomic E-state index is -3.51. The van der Waals surface area contributed by atoms with Crippen LogP contribution < -0.4 is 0 Å². The standard InChI is InChI=1S/C11H13BrClNO2S2/c12-9-3-1-4-10(13)11(9)18(15,16)14-5-2-7-17-8-6-14/h1,3-4H,2,5-8H2. The van der Waals surface area contributed by atoms with Crippen molar-refractivity contribution in [3.05, 3.63) is 27.7 Å². The van der Waals surface area contributed by atoms with E-state index in [4.69, 9.17) is 11.6 Å². The van der Waals surface area contributed by atoms with E-state index in [1.807, 2.05) is 0 Å². The van der Waals surface area contributed by atoms with E-state index in [9.17, 15) is 8.42 Å². The highest BCUT2D eigenvalue weighted by molar-refractivity contribution is 9.10. The largest absolute Gasteiger partial charge is 0.245 e. The van der Waals surface area contributed by atoms with Crippen LogP contribution in [0.5, 0.6) is 0 Å². The average Bonchev–Trinajstić information content (AvgIpc) is 2.57. The maximum Gasteiger partial charge on any atom is 0.245 e. The molecule has 1 heterocycles. The van der Waals surface area contributed by atoms with E-state index in [0.717, 1.165) is 17.9 Å². The molecule has 0 unspecified atom stereocenters. The predicted octanol–water partition coefficient (Wildman–Crippen LogP) is 3.23. The Labute approximate surface area is 125 Å². The van der Waals surface area contributed by atoms with Crippen LogP contribution in [0.1, 0.15) is 6.42 Å². The number of hydrogen-bond acceptors (Lipinski definition) is 3. The number of thioether (sulfide) groups is 1. The smallest absolute Gasteiger partial charge is 0.207 e. The van der Waals surface area contributed by atoms with Crippen molar-refractivity contribution in [2.75, 3.05) is 24.6 Å². The van der Waals surface area contributed by atoms with Crippen molar-refractivity contribution in [2.45, 2.75) is 11.3 Å². The van der Waals surface area contributed by atoms with E-state index in [1.165, 1.54) is 4.31 Å². The molecule has 1 aromatic carbocycles. The normalized spacial score (nSPS) is 18.6. The monoisotopic (exact) mass is 369 g/mol. The molecular formula is C11H13BrClNO2S2. The van der Waals surface area contributed by atoms with Crippen LogP contribution in [0.25, 0.3) is 0 Å². The summed E-state index contributed by atoms with van der Waals surface area (Å²) in [7, 11) is -3.51. The third-order valence-corrected chi connectivity index (χ3v) is 7.10. The number of benzene rings is 1. The van der Waals surface area contributed by atoms with Gasteiger partial charge in [-0.25, -0.2) is 8.42 Å². The Morgan fingerprint density at radius 3 is 2.78 bits per heavy atom. The molecule has 0 bridgehead atoms. The lowest BCUT2D eigenvalue weighted by Gasteiger charge is -2.21. The van der Waals surface area contributed by atoms with Crippen LogP contribution in [0.3, 0.4) is 0 Å². The van der Waals surface area contributed by atoms with Gasteiger partial charge >= 0.3 is 0 Å². The zero-order chi connectivity index (χ0) is 13.2. The fourth-order valence-electron chi connectivity index (χ4n) is 1.82. The molecule has 18 heavy (non-hydrogen) atoms. The van der Waals surface area contributed by atoms with Gasteiger partial charge in [-0.1, -0.05) is 17.7 Å². The molecule has 0 saturated carbocycles. The molecule has 1 saturated heterocycles. The summed E-state index contributed by atoms with van der Waals surface area (Å²) >= 11 is 11.1. The maximum absolute atomic E-state index is 12.6. The third kappa shape index (κ3) is 3.04. The van der Waals surface area contributed by atoms with Crippen LogP contribution >= 0.6 is 39.3 Å². The van der Waals surface area contributed by atoms with E-state index < -0.39 is 10.0 Å². The Morgan fingerprint density at radius 1 is 1.28 bits per heavy atom. The van der Waals surface area contributed by atoms with Crippen LogP contribution in [-0.4, -0.2) is 37.3 Å². The van der Waals surface area contributed by atoms with Gasteiger partial charge in [0.2, 0.25) is 10.0 Å². The Kier molecular flexibility index (Phi) is 4.99. The molecule has 3 nitrogen and oxygen atoms in total. The number of rotatable bonds is 2. The van der Waals surface area contributed by atoms with E-state index in [0.29, 0.717) is 17.6 Å². The highest BCUT2D eigenvalue weighted by Crippen LogP contribution is 2.32. The molecule has 0 aromatic heterocycles. The van der Waals surface area contributed by atoms with Gasteiger partial charge in [0.15, 0.2) is 0 Å². The van der Waals surface area contributed by atoms with Gasteiger partial charge in [-0.05, 0) is 40.2 Å². The molecule has 0 spiro atoms. The zero-order valence-corrected chi connectivity index (χ0v) is 13.6. The first-order chi connectivity index (χ1) is 8.53. The second-order valence-corrected chi connectivity index (χ2v) is 8.28. The second-order valence-electron chi connectivity index (χ2n) is 3.92. The fourth-order valence-corrected chi connectivity index (χ4v) is 5.97. The number of halogens is 2. The SMILES string of the molecule is O=S(=O)(c1c(Cl)cccc1Br)N1CCCSCC1. The van der Waals surface area contributed by atoms with E-state index in [2.05, 4.69) is 15.9 Å². The lowest BCUT2D eigenvalue weighted by atomic mass is 10.4. The van der Waals surface area contributed by atoms with Crippen molar-refractivity contribution >= 4 is 49.3 Å². The summed E-state index contributed by atoms with van der Waals surface area (Å²) in [5, 5.41) is 0.265. The summed E-state index contributed by atoms with van der Waals surface area (Å²) in [5.41, 5.74) is 0. The highest BCUT2D eigenvalue weighted by Gasteiger charge is 2.29. The van der Waals surface area contributed by atoms with Crippen molar-refractivity contribution < 1.29 is 8.42 Å². The maximum atomic E-state index is 12.6. The first-order valence-corrected chi connectivity index (χ1v) is 9.32. The lowest BCUT2D eigenvalue weighted by molar-refractivity contribution is 0.434. The minimum absolute atomic E-state index is 0.179. The Hall–Kier alpha value is 0.250. The van der Waals surface area contributed by atoms with Crippen LogP contribution in [0.2, 0.25) is 5.02 Å². The molecule has 0 radical (unpaired) electrons.